The number of nitrogens with one attached hydrogen (secondary N) is 1. The molecule has 134 valence electrons. The van der Waals surface area contributed by atoms with Crippen molar-refractivity contribution < 1.29 is 13.6 Å². The highest BCUT2D eigenvalue weighted by atomic mass is 19.1. The highest BCUT2D eigenvalue weighted by Crippen LogP contribution is 2.18. The van der Waals surface area contributed by atoms with Crippen LogP contribution in [0, 0.1) is 5.82 Å². The Morgan fingerprint density at radius 2 is 1.85 bits per heavy atom. The van der Waals surface area contributed by atoms with E-state index in [0.717, 1.165) is 5.56 Å². The molecule has 1 N–H and O–H groups in total. The van der Waals surface area contributed by atoms with Crippen molar-refractivity contribution in [2.75, 3.05) is 20.6 Å². The van der Waals surface area contributed by atoms with Crippen molar-refractivity contribution in [3.05, 3.63) is 82.0 Å². The molecule has 1 unspecified atom stereocenters. The largest absolute Gasteiger partial charge is 0.422 e. The summed E-state index contributed by atoms with van der Waals surface area (Å²) in [6.45, 7) is 0.268. The zero-order chi connectivity index (χ0) is 18.7. The summed E-state index contributed by atoms with van der Waals surface area (Å²) >= 11 is 0. The fourth-order valence-corrected chi connectivity index (χ4v) is 2.79. The van der Waals surface area contributed by atoms with Gasteiger partial charge in [-0.2, -0.15) is 0 Å². The number of hydrogen-bond acceptors (Lipinski definition) is 4. The Balaban J connectivity index is 1.79. The Morgan fingerprint density at radius 3 is 2.54 bits per heavy atom. The van der Waals surface area contributed by atoms with Crippen LogP contribution < -0.4 is 10.9 Å². The lowest BCUT2D eigenvalue weighted by molar-refractivity contribution is 0.0938. The van der Waals surface area contributed by atoms with Gasteiger partial charge in [-0.05, 0) is 43.9 Å². The first-order chi connectivity index (χ1) is 12.5. The van der Waals surface area contributed by atoms with Crippen molar-refractivity contribution in [1.82, 2.24) is 10.2 Å². The molecule has 1 amide bonds. The van der Waals surface area contributed by atoms with Crippen LogP contribution in [0.2, 0.25) is 0 Å². The van der Waals surface area contributed by atoms with Crippen molar-refractivity contribution in [3.8, 4) is 0 Å². The van der Waals surface area contributed by atoms with Crippen LogP contribution in [-0.2, 0) is 0 Å². The smallest absolute Gasteiger partial charge is 0.349 e. The molecule has 3 aromatic rings. The molecule has 2 aromatic carbocycles. The molecule has 0 aliphatic carbocycles. The third-order valence-electron chi connectivity index (χ3n) is 4.22. The highest BCUT2D eigenvalue weighted by molar-refractivity contribution is 5.96. The van der Waals surface area contributed by atoms with E-state index in [9.17, 15) is 14.0 Å². The molecule has 0 fully saturated rings. The van der Waals surface area contributed by atoms with Gasteiger partial charge in [0.15, 0.2) is 0 Å². The van der Waals surface area contributed by atoms with Gasteiger partial charge in [-0.3, -0.25) is 4.79 Å². The lowest BCUT2D eigenvalue weighted by Crippen LogP contribution is -2.36. The number of nitrogens with zero attached hydrogens (tertiary/aromatic N) is 1. The van der Waals surface area contributed by atoms with Crippen LogP contribution in [0.1, 0.15) is 22.0 Å². The number of benzene rings is 2. The van der Waals surface area contributed by atoms with E-state index >= 15 is 0 Å². The topological polar surface area (TPSA) is 62.6 Å². The van der Waals surface area contributed by atoms with Gasteiger partial charge in [0.1, 0.15) is 17.0 Å². The molecule has 1 atom stereocenters. The van der Waals surface area contributed by atoms with E-state index in [-0.39, 0.29) is 24.0 Å². The van der Waals surface area contributed by atoms with E-state index < -0.39 is 11.5 Å². The van der Waals surface area contributed by atoms with Crippen LogP contribution in [0.3, 0.4) is 0 Å². The number of carbonyl (C=O) groups excluding carboxylic acids is 1. The second-order valence-electron chi connectivity index (χ2n) is 6.23. The number of amides is 1. The number of hydrogen-bond donors (Lipinski definition) is 1. The first kappa shape index (κ1) is 17.8. The van der Waals surface area contributed by atoms with Crippen LogP contribution >= 0.6 is 0 Å². The molecular weight excluding hydrogens is 335 g/mol. The zero-order valence-corrected chi connectivity index (χ0v) is 14.5. The van der Waals surface area contributed by atoms with Gasteiger partial charge < -0.3 is 14.6 Å². The molecule has 26 heavy (non-hydrogen) atoms. The van der Waals surface area contributed by atoms with Crippen molar-refractivity contribution >= 4 is 16.9 Å². The number of likely N-dealkylation sites (N-methyl/N-ethyl adjacent to an activating group) is 1. The second kappa shape index (κ2) is 7.49. The van der Waals surface area contributed by atoms with E-state index in [4.69, 9.17) is 4.42 Å². The van der Waals surface area contributed by atoms with Crippen LogP contribution in [0.15, 0.2) is 63.8 Å². The van der Waals surface area contributed by atoms with Gasteiger partial charge in [0.25, 0.3) is 5.91 Å². The van der Waals surface area contributed by atoms with Crippen LogP contribution in [-0.4, -0.2) is 31.4 Å². The monoisotopic (exact) mass is 354 g/mol. The lowest BCUT2D eigenvalue weighted by atomic mass is 10.1. The predicted molar refractivity (Wildman–Crippen MR) is 97.6 cm³/mol. The molecular formula is C20H19FN2O3. The van der Waals surface area contributed by atoms with Crippen molar-refractivity contribution in [2.24, 2.45) is 0 Å². The molecule has 0 bridgehead atoms. The summed E-state index contributed by atoms with van der Waals surface area (Å²) in [7, 11) is 3.73. The fraction of sp³-hybridized carbons (Fsp3) is 0.200. The number of para-hydroxylation sites is 1. The lowest BCUT2D eigenvalue weighted by Gasteiger charge is -2.25. The standard InChI is InChI=1S/C20H19FN2O3/c1-23(2)17(13-7-9-15(21)10-8-13)12-22-19(24)16-11-14-5-3-4-6-18(14)26-20(16)25/h3-11,17H,12H2,1-2H3,(H,22,24). The molecule has 0 aliphatic heterocycles. The maximum atomic E-state index is 13.1. The van der Waals surface area contributed by atoms with Crippen molar-refractivity contribution in [3.63, 3.8) is 0 Å². The van der Waals surface area contributed by atoms with Gasteiger partial charge in [0.2, 0.25) is 0 Å². The average molecular weight is 354 g/mol. The number of carbonyl (C=O) groups is 1. The van der Waals surface area contributed by atoms with Crippen LogP contribution in [0.25, 0.3) is 11.0 Å². The van der Waals surface area contributed by atoms with Crippen molar-refractivity contribution in [2.45, 2.75) is 6.04 Å². The highest BCUT2D eigenvalue weighted by Gasteiger charge is 2.18. The Morgan fingerprint density at radius 1 is 1.15 bits per heavy atom. The molecule has 0 radical (unpaired) electrons. The summed E-state index contributed by atoms with van der Waals surface area (Å²) in [4.78, 5) is 26.5. The van der Waals surface area contributed by atoms with E-state index in [2.05, 4.69) is 5.32 Å². The molecule has 1 aromatic heterocycles. The van der Waals surface area contributed by atoms with Gasteiger partial charge in [-0.25, -0.2) is 9.18 Å². The van der Waals surface area contributed by atoms with Gasteiger partial charge >= 0.3 is 5.63 Å². The summed E-state index contributed by atoms with van der Waals surface area (Å²) in [6.07, 6.45) is 0. The molecule has 0 saturated carbocycles. The number of halogens is 1. The second-order valence-corrected chi connectivity index (χ2v) is 6.23. The van der Waals surface area contributed by atoms with Gasteiger partial charge in [0, 0.05) is 11.9 Å². The summed E-state index contributed by atoms with van der Waals surface area (Å²) in [5.74, 6) is -0.817. The molecule has 0 spiro atoms. The summed E-state index contributed by atoms with van der Waals surface area (Å²) in [5, 5.41) is 3.45. The third kappa shape index (κ3) is 3.81. The Labute approximate surface area is 150 Å². The predicted octanol–water partition coefficient (Wildman–Crippen LogP) is 2.96. The normalized spacial score (nSPS) is 12.3. The number of fused-ring (bicyclic) bond motifs is 1. The Bertz CT molecular complexity index is 980. The van der Waals surface area contributed by atoms with Crippen LogP contribution in [0.5, 0.6) is 0 Å². The minimum Gasteiger partial charge on any atom is -0.422 e. The van der Waals surface area contributed by atoms with E-state index in [0.29, 0.717) is 11.0 Å². The molecule has 3 rings (SSSR count). The molecule has 5 nitrogen and oxygen atoms in total. The van der Waals surface area contributed by atoms with E-state index in [1.165, 1.54) is 18.2 Å². The zero-order valence-electron chi connectivity index (χ0n) is 14.5. The Hall–Kier alpha value is -2.99. The maximum Gasteiger partial charge on any atom is 0.349 e. The maximum absolute atomic E-state index is 13.1. The van der Waals surface area contributed by atoms with Crippen LogP contribution in [0.4, 0.5) is 4.39 Å². The summed E-state index contributed by atoms with van der Waals surface area (Å²) in [5.41, 5.74) is 0.582. The molecule has 0 saturated heterocycles. The van der Waals surface area contributed by atoms with E-state index in [1.807, 2.05) is 19.0 Å². The first-order valence-electron chi connectivity index (χ1n) is 8.18. The Kier molecular flexibility index (Phi) is 5.14. The first-order valence-corrected chi connectivity index (χ1v) is 8.18. The third-order valence-corrected chi connectivity index (χ3v) is 4.22. The SMILES string of the molecule is CN(C)C(CNC(=O)c1cc2ccccc2oc1=O)c1ccc(F)cc1. The molecule has 6 heteroatoms. The van der Waals surface area contributed by atoms with Gasteiger partial charge in [-0.15, -0.1) is 0 Å². The van der Waals surface area contributed by atoms with Gasteiger partial charge in [-0.1, -0.05) is 30.3 Å². The minimum atomic E-state index is -0.676. The molecule has 0 aliphatic rings. The number of rotatable bonds is 5. The fourth-order valence-electron chi connectivity index (χ4n) is 2.79. The minimum absolute atomic E-state index is 0.0414. The summed E-state index contributed by atoms with van der Waals surface area (Å²) < 4.78 is 18.3. The average Bonchev–Trinajstić information content (AvgIpc) is 2.62. The quantitative estimate of drug-likeness (QED) is 0.716. The van der Waals surface area contributed by atoms with E-state index in [1.54, 1.807) is 36.4 Å². The summed E-state index contributed by atoms with van der Waals surface area (Å²) in [6, 6.07) is 14.5. The van der Waals surface area contributed by atoms with Gasteiger partial charge in [0.05, 0.1) is 6.04 Å². The molecule has 1 heterocycles. The van der Waals surface area contributed by atoms with Crippen molar-refractivity contribution in [1.29, 1.82) is 0 Å².